The number of methoxy groups -OCH3 is 3. The highest BCUT2D eigenvalue weighted by molar-refractivity contribution is 5.95. The summed E-state index contributed by atoms with van der Waals surface area (Å²) in [4.78, 5) is 19.2. The van der Waals surface area contributed by atoms with Crippen molar-refractivity contribution in [2.24, 2.45) is 0 Å². The predicted octanol–water partition coefficient (Wildman–Crippen LogP) is 2.63. The van der Waals surface area contributed by atoms with Crippen molar-refractivity contribution in [2.45, 2.75) is 18.9 Å². The molecule has 0 saturated carbocycles. The fraction of sp³-hybridized carbons (Fsp3) is 0.333. The number of carbonyl (C=O) groups is 1. The van der Waals surface area contributed by atoms with E-state index in [9.17, 15) is 9.90 Å². The quantitative estimate of drug-likeness (QED) is 0.314. The number of H-pyrrole nitrogens is 1. The Labute approximate surface area is 206 Å². The molecule has 0 bridgehead atoms. The van der Waals surface area contributed by atoms with Gasteiger partial charge in [0, 0.05) is 24.4 Å². The summed E-state index contributed by atoms with van der Waals surface area (Å²) in [5, 5.41) is 24.8. The lowest BCUT2D eigenvalue weighted by Gasteiger charge is -2.25. The number of benzene rings is 1. The zero-order valence-electron chi connectivity index (χ0n) is 20.2. The van der Waals surface area contributed by atoms with Crippen LogP contribution in [0.3, 0.4) is 0 Å². The molecule has 5 rings (SSSR count). The number of aromatic nitrogens is 5. The summed E-state index contributed by atoms with van der Waals surface area (Å²) in [7, 11) is 4.26. The van der Waals surface area contributed by atoms with Gasteiger partial charge in [0.05, 0.1) is 39.7 Å². The fourth-order valence-corrected chi connectivity index (χ4v) is 4.52. The summed E-state index contributed by atoms with van der Waals surface area (Å²) < 4.78 is 17.4. The van der Waals surface area contributed by atoms with E-state index in [4.69, 9.17) is 19.2 Å². The molecule has 0 aliphatic carbocycles. The predicted molar refractivity (Wildman–Crippen MR) is 132 cm³/mol. The Morgan fingerprint density at radius 3 is 2.86 bits per heavy atom. The Morgan fingerprint density at radius 1 is 1.25 bits per heavy atom. The first kappa shape index (κ1) is 23.4. The topological polar surface area (TPSA) is 139 Å². The van der Waals surface area contributed by atoms with Gasteiger partial charge in [0.25, 0.3) is 0 Å². The molecule has 0 spiro atoms. The fourth-order valence-electron chi connectivity index (χ4n) is 4.52. The number of anilines is 3. The number of nitrogens with one attached hydrogen (secondary N) is 2. The van der Waals surface area contributed by atoms with E-state index in [-0.39, 0.29) is 24.0 Å². The zero-order valence-corrected chi connectivity index (χ0v) is 20.2. The van der Waals surface area contributed by atoms with Crippen LogP contribution in [-0.2, 0) is 4.74 Å². The molecule has 1 atom stereocenters. The molecule has 3 N–H and O–H groups in total. The van der Waals surface area contributed by atoms with Crippen LogP contribution in [0.25, 0.3) is 16.8 Å². The van der Waals surface area contributed by atoms with E-state index in [0.717, 1.165) is 30.7 Å². The molecule has 1 fully saturated rings. The van der Waals surface area contributed by atoms with Crippen LogP contribution in [-0.4, -0.2) is 76.4 Å². The van der Waals surface area contributed by atoms with E-state index < -0.39 is 5.97 Å². The summed E-state index contributed by atoms with van der Waals surface area (Å²) in [5.41, 5.74) is 2.38. The number of esters is 1. The third-order valence-corrected chi connectivity index (χ3v) is 6.24. The summed E-state index contributed by atoms with van der Waals surface area (Å²) in [5.74, 6) is 1.72. The molecule has 1 aromatic carbocycles. The first-order valence-corrected chi connectivity index (χ1v) is 11.5. The molecule has 4 heterocycles. The molecule has 36 heavy (non-hydrogen) atoms. The second kappa shape index (κ2) is 9.74. The average molecular weight is 494 g/mol. The standard InChI is InChI=1S/C24H27N7O5/c1-34-19-11-14(10-16(21(19)35-2)23(33)36-3)17-12-20(28-27-17)25-24-26-22(18-7-5-9-31(18)29-24)30-8-4-6-15(30)13-32/h5,7,9-12,15,32H,4,6,8,13H2,1-3H3,(H2,25,27,28,29)/t15-/m0/s1. The number of aliphatic hydroxyl groups excluding tert-OH is 1. The molecule has 1 aliphatic heterocycles. The molecular formula is C24H27N7O5. The van der Waals surface area contributed by atoms with Crippen molar-refractivity contribution in [1.29, 1.82) is 0 Å². The van der Waals surface area contributed by atoms with E-state index in [1.54, 1.807) is 22.7 Å². The second-order valence-electron chi connectivity index (χ2n) is 8.31. The van der Waals surface area contributed by atoms with Crippen LogP contribution in [0, 0.1) is 0 Å². The maximum absolute atomic E-state index is 12.3. The molecule has 0 amide bonds. The Hall–Kier alpha value is -4.32. The van der Waals surface area contributed by atoms with Crippen molar-refractivity contribution in [3.05, 3.63) is 42.1 Å². The smallest absolute Gasteiger partial charge is 0.341 e. The highest BCUT2D eigenvalue weighted by Crippen LogP contribution is 2.37. The van der Waals surface area contributed by atoms with Crippen LogP contribution in [0.15, 0.2) is 36.5 Å². The van der Waals surface area contributed by atoms with Crippen molar-refractivity contribution < 1.29 is 24.1 Å². The third-order valence-electron chi connectivity index (χ3n) is 6.24. The Balaban J connectivity index is 1.47. The molecule has 1 saturated heterocycles. The number of aromatic amines is 1. The lowest BCUT2D eigenvalue weighted by molar-refractivity contribution is 0.0596. The lowest BCUT2D eigenvalue weighted by atomic mass is 10.1. The van der Waals surface area contributed by atoms with Crippen molar-refractivity contribution in [2.75, 3.05) is 44.7 Å². The van der Waals surface area contributed by atoms with E-state index in [1.807, 2.05) is 18.3 Å². The van der Waals surface area contributed by atoms with Gasteiger partial charge in [-0.25, -0.2) is 9.31 Å². The molecule has 1 aliphatic rings. The third kappa shape index (κ3) is 4.15. The van der Waals surface area contributed by atoms with Gasteiger partial charge in [-0.2, -0.15) is 10.1 Å². The van der Waals surface area contributed by atoms with E-state index >= 15 is 0 Å². The summed E-state index contributed by atoms with van der Waals surface area (Å²) in [6, 6.07) is 9.05. The monoisotopic (exact) mass is 493 g/mol. The van der Waals surface area contributed by atoms with E-state index in [2.05, 4.69) is 25.5 Å². The zero-order chi connectivity index (χ0) is 25.2. The molecule has 188 valence electrons. The number of fused-ring (bicyclic) bond motifs is 1. The number of ether oxygens (including phenoxy) is 3. The van der Waals surface area contributed by atoms with Gasteiger partial charge < -0.3 is 29.5 Å². The highest BCUT2D eigenvalue weighted by Gasteiger charge is 2.27. The van der Waals surface area contributed by atoms with Crippen LogP contribution in [0.5, 0.6) is 11.5 Å². The first-order chi connectivity index (χ1) is 17.6. The molecule has 0 unspecified atom stereocenters. The van der Waals surface area contributed by atoms with Gasteiger partial charge in [-0.15, -0.1) is 5.10 Å². The number of hydrogen-bond acceptors (Lipinski definition) is 10. The SMILES string of the molecule is COC(=O)c1cc(-c2cc(Nc3nc(N4CCC[C@H]4CO)c4cccn4n3)n[nH]2)cc(OC)c1OC. The van der Waals surface area contributed by atoms with Crippen LogP contribution >= 0.6 is 0 Å². The Kier molecular flexibility index (Phi) is 6.34. The first-order valence-electron chi connectivity index (χ1n) is 11.5. The van der Waals surface area contributed by atoms with Crippen LogP contribution in [0.2, 0.25) is 0 Å². The molecule has 3 aromatic heterocycles. The summed E-state index contributed by atoms with van der Waals surface area (Å²) >= 11 is 0. The molecule has 0 radical (unpaired) electrons. The van der Waals surface area contributed by atoms with Gasteiger partial charge in [-0.1, -0.05) is 0 Å². The minimum atomic E-state index is -0.547. The Morgan fingerprint density at radius 2 is 2.11 bits per heavy atom. The number of carbonyl (C=O) groups excluding carboxylic acids is 1. The van der Waals surface area contributed by atoms with Gasteiger partial charge in [0.2, 0.25) is 5.95 Å². The van der Waals surface area contributed by atoms with Gasteiger partial charge in [-0.05, 0) is 37.1 Å². The number of aliphatic hydroxyl groups is 1. The van der Waals surface area contributed by atoms with Crippen molar-refractivity contribution in [1.82, 2.24) is 24.8 Å². The Bertz CT molecular complexity index is 1400. The van der Waals surface area contributed by atoms with Gasteiger partial charge in [0.1, 0.15) is 11.1 Å². The normalized spacial score (nSPS) is 15.3. The van der Waals surface area contributed by atoms with Gasteiger partial charge >= 0.3 is 5.97 Å². The largest absolute Gasteiger partial charge is 0.493 e. The minimum Gasteiger partial charge on any atom is -0.493 e. The molecule has 12 nitrogen and oxygen atoms in total. The minimum absolute atomic E-state index is 0.0255. The van der Waals surface area contributed by atoms with Gasteiger partial charge in [0.15, 0.2) is 23.1 Å². The highest BCUT2D eigenvalue weighted by atomic mass is 16.5. The maximum Gasteiger partial charge on any atom is 0.341 e. The maximum atomic E-state index is 12.3. The second-order valence-corrected chi connectivity index (χ2v) is 8.31. The van der Waals surface area contributed by atoms with Crippen LogP contribution in [0.1, 0.15) is 23.2 Å². The number of rotatable bonds is 8. The van der Waals surface area contributed by atoms with Crippen molar-refractivity contribution in [3.8, 4) is 22.8 Å². The summed E-state index contributed by atoms with van der Waals surface area (Å²) in [6.45, 7) is 0.887. The number of nitrogens with zero attached hydrogens (tertiary/aromatic N) is 5. The van der Waals surface area contributed by atoms with Crippen LogP contribution < -0.4 is 19.7 Å². The average Bonchev–Trinajstić information content (AvgIpc) is 3.67. The van der Waals surface area contributed by atoms with Gasteiger partial charge in [-0.3, -0.25) is 5.10 Å². The van der Waals surface area contributed by atoms with Crippen LogP contribution in [0.4, 0.5) is 17.6 Å². The summed E-state index contributed by atoms with van der Waals surface area (Å²) in [6.07, 6.45) is 3.76. The van der Waals surface area contributed by atoms with Crippen molar-refractivity contribution >= 4 is 29.1 Å². The molecular weight excluding hydrogens is 466 g/mol. The van der Waals surface area contributed by atoms with E-state index in [1.165, 1.54) is 21.3 Å². The molecule has 4 aromatic rings. The van der Waals surface area contributed by atoms with E-state index in [0.29, 0.717) is 28.8 Å². The number of hydrogen-bond donors (Lipinski definition) is 3. The molecule has 12 heteroatoms. The lowest BCUT2D eigenvalue weighted by Crippen LogP contribution is -2.33. The van der Waals surface area contributed by atoms with Crippen molar-refractivity contribution in [3.63, 3.8) is 0 Å².